The molecule has 10 heteroatoms. The first-order chi connectivity index (χ1) is 12.3. The van der Waals surface area contributed by atoms with E-state index in [0.717, 1.165) is 6.92 Å². The first kappa shape index (κ1) is 24.4. The second kappa shape index (κ2) is 11.1. The Morgan fingerprint density at radius 1 is 0.889 bits per heavy atom. The second-order valence-electron chi connectivity index (χ2n) is 6.75. The van der Waals surface area contributed by atoms with E-state index in [2.05, 4.69) is 16.0 Å². The van der Waals surface area contributed by atoms with Gasteiger partial charge in [0, 0.05) is 13.8 Å². The number of hydrogen-bond donors (Lipinski definition) is 4. The molecule has 0 aliphatic rings. The van der Waals surface area contributed by atoms with Crippen LogP contribution in [0.5, 0.6) is 0 Å². The molecule has 0 bridgehead atoms. The number of carboxylic acids is 1. The van der Waals surface area contributed by atoms with Crippen LogP contribution in [0.1, 0.15) is 48.0 Å². The SMILES string of the molecule is CC(=O)N[C@@H](CC(C)C)C(=O)N[C@H](C(=O)N[C@@H](C)C(=O)O)[C@@H](C)OC(C)=O. The molecule has 0 aromatic rings. The maximum atomic E-state index is 12.6. The normalized spacial score (nSPS) is 15.1. The van der Waals surface area contributed by atoms with Crippen LogP contribution in [0.3, 0.4) is 0 Å². The van der Waals surface area contributed by atoms with Gasteiger partial charge in [-0.25, -0.2) is 0 Å². The number of carbonyl (C=O) groups excluding carboxylic acids is 4. The zero-order valence-corrected chi connectivity index (χ0v) is 16.5. The summed E-state index contributed by atoms with van der Waals surface area (Å²) in [5.74, 6) is -3.72. The number of carboxylic acid groups (broad SMARTS) is 1. The fourth-order valence-corrected chi connectivity index (χ4v) is 2.29. The molecular weight excluding hydrogens is 358 g/mol. The highest BCUT2D eigenvalue weighted by Gasteiger charge is 2.33. The average molecular weight is 387 g/mol. The van der Waals surface area contributed by atoms with Crippen molar-refractivity contribution < 1.29 is 33.8 Å². The van der Waals surface area contributed by atoms with Gasteiger partial charge in [-0.2, -0.15) is 0 Å². The lowest BCUT2D eigenvalue weighted by Gasteiger charge is -2.27. The van der Waals surface area contributed by atoms with Gasteiger partial charge in [0.25, 0.3) is 0 Å². The van der Waals surface area contributed by atoms with Crippen LogP contribution in [0.4, 0.5) is 0 Å². The zero-order valence-electron chi connectivity index (χ0n) is 16.5. The molecule has 0 radical (unpaired) electrons. The molecule has 27 heavy (non-hydrogen) atoms. The van der Waals surface area contributed by atoms with Gasteiger partial charge in [0.15, 0.2) is 0 Å². The summed E-state index contributed by atoms with van der Waals surface area (Å²) >= 11 is 0. The molecule has 0 spiro atoms. The molecule has 0 aliphatic heterocycles. The molecular formula is C17H29N3O7. The number of esters is 1. The highest BCUT2D eigenvalue weighted by Crippen LogP contribution is 2.08. The van der Waals surface area contributed by atoms with Crippen molar-refractivity contribution >= 4 is 29.7 Å². The van der Waals surface area contributed by atoms with Crippen molar-refractivity contribution in [2.45, 2.75) is 72.2 Å². The molecule has 154 valence electrons. The van der Waals surface area contributed by atoms with Crippen LogP contribution in [-0.4, -0.2) is 59.0 Å². The van der Waals surface area contributed by atoms with Gasteiger partial charge in [-0.3, -0.25) is 24.0 Å². The second-order valence-corrected chi connectivity index (χ2v) is 6.75. The van der Waals surface area contributed by atoms with Gasteiger partial charge in [0.1, 0.15) is 24.2 Å². The number of aliphatic carboxylic acids is 1. The van der Waals surface area contributed by atoms with Gasteiger partial charge >= 0.3 is 11.9 Å². The van der Waals surface area contributed by atoms with E-state index in [-0.39, 0.29) is 5.92 Å². The number of ether oxygens (including phenoxy) is 1. The van der Waals surface area contributed by atoms with Gasteiger partial charge in [-0.1, -0.05) is 13.8 Å². The number of nitrogens with one attached hydrogen (secondary N) is 3. The maximum Gasteiger partial charge on any atom is 0.325 e. The molecule has 0 rings (SSSR count). The van der Waals surface area contributed by atoms with Gasteiger partial charge in [-0.15, -0.1) is 0 Å². The third kappa shape index (κ3) is 9.57. The number of carbonyl (C=O) groups is 5. The summed E-state index contributed by atoms with van der Waals surface area (Å²) in [6, 6.07) is -3.42. The third-order valence-electron chi connectivity index (χ3n) is 3.53. The molecule has 0 saturated heterocycles. The Labute approximate surface area is 158 Å². The van der Waals surface area contributed by atoms with E-state index in [1.165, 1.54) is 20.8 Å². The van der Waals surface area contributed by atoms with Gasteiger partial charge < -0.3 is 25.8 Å². The maximum absolute atomic E-state index is 12.6. The molecule has 0 fully saturated rings. The monoisotopic (exact) mass is 387 g/mol. The zero-order chi connectivity index (χ0) is 21.3. The Hall–Kier alpha value is -2.65. The summed E-state index contributed by atoms with van der Waals surface area (Å²) in [5.41, 5.74) is 0. The van der Waals surface area contributed by atoms with Crippen molar-refractivity contribution in [2.75, 3.05) is 0 Å². The molecule has 4 atom stereocenters. The van der Waals surface area contributed by atoms with Gasteiger partial charge in [0.2, 0.25) is 17.7 Å². The first-order valence-corrected chi connectivity index (χ1v) is 8.63. The van der Waals surface area contributed by atoms with Gasteiger partial charge in [-0.05, 0) is 26.2 Å². The van der Waals surface area contributed by atoms with Crippen LogP contribution in [0.25, 0.3) is 0 Å². The van der Waals surface area contributed by atoms with Crippen LogP contribution in [0.15, 0.2) is 0 Å². The Morgan fingerprint density at radius 2 is 1.44 bits per heavy atom. The number of rotatable bonds is 10. The van der Waals surface area contributed by atoms with Crippen LogP contribution in [0, 0.1) is 5.92 Å². The molecule has 3 amide bonds. The van der Waals surface area contributed by atoms with Crippen molar-refractivity contribution in [1.82, 2.24) is 16.0 Å². The molecule has 0 aromatic carbocycles. The van der Waals surface area contributed by atoms with Crippen LogP contribution < -0.4 is 16.0 Å². The predicted octanol–water partition coefficient (Wildman–Crippen LogP) is -0.437. The van der Waals surface area contributed by atoms with Crippen molar-refractivity contribution in [3.63, 3.8) is 0 Å². The van der Waals surface area contributed by atoms with Gasteiger partial charge in [0.05, 0.1) is 0 Å². The Bertz CT molecular complexity index is 577. The molecule has 0 aliphatic carbocycles. The lowest BCUT2D eigenvalue weighted by atomic mass is 10.0. The van der Waals surface area contributed by atoms with Crippen molar-refractivity contribution in [1.29, 1.82) is 0 Å². The minimum absolute atomic E-state index is 0.0813. The van der Waals surface area contributed by atoms with E-state index < -0.39 is 53.9 Å². The lowest BCUT2D eigenvalue weighted by Crippen LogP contribution is -2.59. The topological polar surface area (TPSA) is 151 Å². The largest absolute Gasteiger partial charge is 0.480 e. The summed E-state index contributed by atoms with van der Waals surface area (Å²) in [7, 11) is 0. The minimum atomic E-state index is -1.33. The molecule has 0 unspecified atom stereocenters. The number of hydrogen-bond acceptors (Lipinski definition) is 6. The van der Waals surface area contributed by atoms with E-state index in [1.807, 2.05) is 13.8 Å². The first-order valence-electron chi connectivity index (χ1n) is 8.63. The summed E-state index contributed by atoms with van der Waals surface area (Å²) in [5, 5.41) is 16.1. The quantitative estimate of drug-likeness (QED) is 0.371. The summed E-state index contributed by atoms with van der Waals surface area (Å²) in [6.45, 7) is 8.79. The molecule has 4 N–H and O–H groups in total. The summed E-state index contributed by atoms with van der Waals surface area (Å²) in [6.07, 6.45) is -0.725. The highest BCUT2D eigenvalue weighted by atomic mass is 16.5. The van der Waals surface area contributed by atoms with E-state index >= 15 is 0 Å². The lowest BCUT2D eigenvalue weighted by molar-refractivity contribution is -0.151. The predicted molar refractivity (Wildman–Crippen MR) is 95.5 cm³/mol. The van der Waals surface area contributed by atoms with E-state index in [9.17, 15) is 24.0 Å². The van der Waals surface area contributed by atoms with Crippen LogP contribution in [-0.2, 0) is 28.7 Å². The summed E-state index contributed by atoms with van der Waals surface area (Å²) in [4.78, 5) is 58.5. The molecule has 0 aromatic heterocycles. The van der Waals surface area contributed by atoms with E-state index in [0.29, 0.717) is 6.42 Å². The standard InChI is InChI=1S/C17H29N3O7/c1-8(2)7-13(19-11(5)21)15(23)20-14(10(4)27-12(6)22)16(24)18-9(3)17(25)26/h8-10,13-14H,7H2,1-6H3,(H,18,24)(H,19,21)(H,20,23)(H,25,26)/t9-,10+,13-,14-/m0/s1. The number of amides is 3. The van der Waals surface area contributed by atoms with Crippen LogP contribution >= 0.6 is 0 Å². The van der Waals surface area contributed by atoms with Crippen LogP contribution in [0.2, 0.25) is 0 Å². The highest BCUT2D eigenvalue weighted by molar-refractivity contribution is 5.93. The molecule has 0 saturated carbocycles. The Balaban J connectivity index is 5.42. The third-order valence-corrected chi connectivity index (χ3v) is 3.53. The van der Waals surface area contributed by atoms with E-state index in [1.54, 1.807) is 0 Å². The van der Waals surface area contributed by atoms with Crippen molar-refractivity contribution in [2.24, 2.45) is 5.92 Å². The molecule has 0 heterocycles. The van der Waals surface area contributed by atoms with E-state index in [4.69, 9.17) is 9.84 Å². The Morgan fingerprint density at radius 3 is 1.85 bits per heavy atom. The minimum Gasteiger partial charge on any atom is -0.480 e. The average Bonchev–Trinajstić information content (AvgIpc) is 2.49. The smallest absolute Gasteiger partial charge is 0.325 e. The fraction of sp³-hybridized carbons (Fsp3) is 0.706. The van der Waals surface area contributed by atoms with Crippen molar-refractivity contribution in [3.05, 3.63) is 0 Å². The molecule has 10 nitrogen and oxygen atoms in total. The summed E-state index contributed by atoms with van der Waals surface area (Å²) < 4.78 is 4.97. The Kier molecular flexibility index (Phi) is 10.1. The fourth-order valence-electron chi connectivity index (χ4n) is 2.29. The van der Waals surface area contributed by atoms with Crippen molar-refractivity contribution in [3.8, 4) is 0 Å².